The summed E-state index contributed by atoms with van der Waals surface area (Å²) in [4.78, 5) is 36.6. The van der Waals surface area contributed by atoms with E-state index in [0.29, 0.717) is 19.5 Å². The summed E-state index contributed by atoms with van der Waals surface area (Å²) in [5, 5.41) is 2.90. The van der Waals surface area contributed by atoms with Crippen LogP contribution in [0.5, 0.6) is 0 Å². The molecule has 7 nitrogen and oxygen atoms in total. The van der Waals surface area contributed by atoms with Crippen LogP contribution in [-0.4, -0.2) is 40.8 Å². The molecule has 1 aliphatic heterocycles. The van der Waals surface area contributed by atoms with E-state index >= 15 is 0 Å². The lowest BCUT2D eigenvalue weighted by Crippen LogP contribution is -2.51. The number of aromatic nitrogens is 1. The van der Waals surface area contributed by atoms with Gasteiger partial charge in [0.2, 0.25) is 11.8 Å². The zero-order valence-electron chi connectivity index (χ0n) is 17.6. The third-order valence-corrected chi connectivity index (χ3v) is 5.49. The maximum Gasteiger partial charge on any atom is 0.248 e. The second kappa shape index (κ2) is 13.3. The zero-order chi connectivity index (χ0) is 20.9. The van der Waals surface area contributed by atoms with Crippen molar-refractivity contribution in [3.63, 3.8) is 0 Å². The number of hydrogen-bond acceptors (Lipinski definition) is 5. The second-order valence-electron chi connectivity index (χ2n) is 7.79. The van der Waals surface area contributed by atoms with Gasteiger partial charge in [0, 0.05) is 31.9 Å². The van der Waals surface area contributed by atoms with Crippen molar-refractivity contribution in [1.29, 1.82) is 0 Å². The van der Waals surface area contributed by atoms with Gasteiger partial charge in [-0.2, -0.15) is 0 Å². The molecule has 0 aromatic carbocycles. The van der Waals surface area contributed by atoms with Crippen LogP contribution < -0.4 is 11.2 Å². The summed E-state index contributed by atoms with van der Waals surface area (Å²) in [6.45, 7) is 3.61. The van der Waals surface area contributed by atoms with Crippen molar-refractivity contribution in [2.45, 2.75) is 83.3 Å². The van der Waals surface area contributed by atoms with Crippen LogP contribution in [0.25, 0.3) is 0 Å². The number of nitrogens with zero attached hydrogens (tertiary/aromatic N) is 2. The minimum absolute atomic E-state index is 0.132. The third kappa shape index (κ3) is 7.74. The fourth-order valence-electron chi connectivity index (χ4n) is 3.79. The molecule has 1 aromatic rings. The molecule has 0 spiro atoms. The molecule has 1 fully saturated rings. The smallest absolute Gasteiger partial charge is 0.248 e. The van der Waals surface area contributed by atoms with E-state index in [0.717, 1.165) is 37.7 Å². The Balaban J connectivity index is 1.94. The summed E-state index contributed by atoms with van der Waals surface area (Å²) in [5.41, 5.74) is 0.719. The molecule has 0 radical (unpaired) electrons. The normalized spacial score (nSPS) is 15.9. The molecular formula is C22H36N4O3. The fourth-order valence-corrected chi connectivity index (χ4v) is 3.79. The largest absolute Gasteiger partial charge is 0.342 e. The van der Waals surface area contributed by atoms with Crippen LogP contribution in [0.1, 0.15) is 82.8 Å². The molecule has 2 amide bonds. The SMILES string of the molecule is CCCCCCCCCC(=O)N[C@@H](C(=O)N1CCCC1)[C@@H](ON)c1ccncc1. The van der Waals surface area contributed by atoms with Crippen LogP contribution in [0, 0.1) is 0 Å². The summed E-state index contributed by atoms with van der Waals surface area (Å²) in [5.74, 6) is 5.29. The van der Waals surface area contributed by atoms with Crippen molar-refractivity contribution in [2.24, 2.45) is 5.90 Å². The lowest BCUT2D eigenvalue weighted by atomic mass is 10.0. The summed E-state index contributed by atoms with van der Waals surface area (Å²) in [6.07, 6.45) is 12.9. The number of amides is 2. The van der Waals surface area contributed by atoms with Gasteiger partial charge in [-0.15, -0.1) is 0 Å². The highest BCUT2D eigenvalue weighted by molar-refractivity contribution is 5.88. The first-order chi connectivity index (χ1) is 14.2. The Kier molecular flexibility index (Phi) is 10.7. The number of nitrogens with one attached hydrogen (secondary N) is 1. The van der Waals surface area contributed by atoms with Crippen molar-refractivity contribution in [3.8, 4) is 0 Å². The molecule has 29 heavy (non-hydrogen) atoms. The fraction of sp³-hybridized carbons (Fsp3) is 0.682. The lowest BCUT2D eigenvalue weighted by molar-refractivity contribution is -0.140. The molecule has 0 saturated carbocycles. The minimum Gasteiger partial charge on any atom is -0.342 e. The third-order valence-electron chi connectivity index (χ3n) is 5.49. The van der Waals surface area contributed by atoms with Gasteiger partial charge in [-0.1, -0.05) is 45.4 Å². The average molecular weight is 405 g/mol. The van der Waals surface area contributed by atoms with E-state index in [1.807, 2.05) is 0 Å². The molecule has 1 aromatic heterocycles. The summed E-state index contributed by atoms with van der Waals surface area (Å²) < 4.78 is 0. The van der Waals surface area contributed by atoms with E-state index < -0.39 is 12.1 Å². The molecule has 7 heteroatoms. The van der Waals surface area contributed by atoms with Crippen LogP contribution in [0.15, 0.2) is 24.5 Å². The standard InChI is InChI=1S/C22H36N4O3/c1-2-3-4-5-6-7-8-11-19(27)25-20(22(28)26-16-9-10-17-26)21(29-23)18-12-14-24-15-13-18/h12-15,20-21H,2-11,16-17,23H2,1H3,(H,25,27)/t20-,21+/m1/s1. The number of carbonyl (C=O) groups is 2. The highest BCUT2D eigenvalue weighted by Gasteiger charge is 2.35. The van der Waals surface area contributed by atoms with E-state index in [4.69, 9.17) is 10.7 Å². The van der Waals surface area contributed by atoms with Crippen LogP contribution in [0.4, 0.5) is 0 Å². The summed E-state index contributed by atoms with van der Waals surface area (Å²) in [7, 11) is 0. The Morgan fingerprint density at radius 2 is 1.72 bits per heavy atom. The maximum absolute atomic E-state index is 13.1. The molecule has 3 N–H and O–H groups in total. The lowest BCUT2D eigenvalue weighted by Gasteiger charge is -2.29. The molecule has 2 atom stereocenters. The highest BCUT2D eigenvalue weighted by atomic mass is 16.6. The summed E-state index contributed by atoms with van der Waals surface area (Å²) >= 11 is 0. The molecule has 2 heterocycles. The van der Waals surface area contributed by atoms with Gasteiger partial charge in [0.15, 0.2) is 0 Å². The molecule has 0 bridgehead atoms. The molecule has 162 valence electrons. The monoisotopic (exact) mass is 404 g/mol. The Bertz CT molecular complexity index is 605. The summed E-state index contributed by atoms with van der Waals surface area (Å²) in [6, 6.07) is 2.67. The van der Waals surface area contributed by atoms with Gasteiger partial charge in [-0.25, -0.2) is 5.90 Å². The van der Waals surface area contributed by atoms with Gasteiger partial charge in [-0.05, 0) is 37.0 Å². The van der Waals surface area contributed by atoms with Crippen molar-refractivity contribution < 1.29 is 14.4 Å². The van der Waals surface area contributed by atoms with Gasteiger partial charge < -0.3 is 10.2 Å². The number of hydrogen-bond donors (Lipinski definition) is 2. The Labute approximate surface area is 174 Å². The van der Waals surface area contributed by atoms with Crippen LogP contribution >= 0.6 is 0 Å². The zero-order valence-corrected chi connectivity index (χ0v) is 17.6. The highest BCUT2D eigenvalue weighted by Crippen LogP contribution is 2.23. The minimum atomic E-state index is -0.836. The Morgan fingerprint density at radius 3 is 2.34 bits per heavy atom. The van der Waals surface area contributed by atoms with Gasteiger partial charge in [-0.3, -0.25) is 19.4 Å². The Morgan fingerprint density at radius 1 is 1.10 bits per heavy atom. The number of unbranched alkanes of at least 4 members (excludes halogenated alkanes) is 6. The predicted molar refractivity (Wildman–Crippen MR) is 113 cm³/mol. The van der Waals surface area contributed by atoms with Gasteiger partial charge in [0.25, 0.3) is 0 Å². The van der Waals surface area contributed by atoms with Crippen molar-refractivity contribution in [2.75, 3.05) is 13.1 Å². The maximum atomic E-state index is 13.1. The number of rotatable bonds is 13. The van der Waals surface area contributed by atoms with E-state index in [1.165, 1.54) is 25.7 Å². The number of likely N-dealkylation sites (tertiary alicyclic amines) is 1. The van der Waals surface area contributed by atoms with E-state index in [2.05, 4.69) is 17.2 Å². The topological polar surface area (TPSA) is 97.5 Å². The van der Waals surface area contributed by atoms with Crippen molar-refractivity contribution in [3.05, 3.63) is 30.1 Å². The molecular weight excluding hydrogens is 368 g/mol. The molecule has 1 aliphatic rings. The van der Waals surface area contributed by atoms with Crippen molar-refractivity contribution >= 4 is 11.8 Å². The number of pyridine rings is 1. The molecule has 2 rings (SSSR count). The van der Waals surface area contributed by atoms with E-state index in [9.17, 15) is 9.59 Å². The first-order valence-electron chi connectivity index (χ1n) is 11.0. The van der Waals surface area contributed by atoms with Gasteiger partial charge in [0.05, 0.1) is 0 Å². The van der Waals surface area contributed by atoms with Crippen LogP contribution in [0.3, 0.4) is 0 Å². The van der Waals surface area contributed by atoms with E-state index in [1.54, 1.807) is 29.4 Å². The van der Waals surface area contributed by atoms with Crippen LogP contribution in [0.2, 0.25) is 0 Å². The van der Waals surface area contributed by atoms with Gasteiger partial charge >= 0.3 is 0 Å². The Hall–Kier alpha value is -1.99. The predicted octanol–water partition coefficient (Wildman–Crippen LogP) is 3.26. The first kappa shape index (κ1) is 23.3. The van der Waals surface area contributed by atoms with E-state index in [-0.39, 0.29) is 11.8 Å². The molecule has 0 aliphatic carbocycles. The second-order valence-corrected chi connectivity index (χ2v) is 7.79. The van der Waals surface area contributed by atoms with Crippen molar-refractivity contribution in [1.82, 2.24) is 15.2 Å². The first-order valence-corrected chi connectivity index (χ1v) is 11.0. The number of carbonyl (C=O) groups excluding carboxylic acids is 2. The number of nitrogens with two attached hydrogens (primary N) is 1. The quantitative estimate of drug-likeness (QED) is 0.388. The molecule has 1 saturated heterocycles. The average Bonchev–Trinajstić information content (AvgIpc) is 3.28. The molecule has 0 unspecified atom stereocenters. The van der Waals surface area contributed by atoms with Gasteiger partial charge in [0.1, 0.15) is 12.1 Å². The van der Waals surface area contributed by atoms with Crippen LogP contribution in [-0.2, 0) is 14.4 Å².